The lowest BCUT2D eigenvalue weighted by atomic mass is 9.44. The van der Waals surface area contributed by atoms with Crippen LogP contribution in [0.25, 0.3) is 0 Å². The first kappa shape index (κ1) is 24.5. The zero-order chi connectivity index (χ0) is 22.4. The van der Waals surface area contributed by atoms with Crippen LogP contribution in [0.3, 0.4) is 0 Å². The molecule has 0 aromatic heterocycles. The Morgan fingerprint density at radius 3 is 2.87 bits per heavy atom. The molecule has 172 valence electrons. The van der Waals surface area contributed by atoms with Crippen molar-refractivity contribution >= 4 is 28.6 Å². The largest absolute Gasteiger partial charge is 0.491 e. The predicted octanol–water partition coefficient (Wildman–Crippen LogP) is 4.87. The van der Waals surface area contributed by atoms with Crippen LogP contribution in [0.1, 0.15) is 52.4 Å². The molecule has 0 spiro atoms. The summed E-state index contributed by atoms with van der Waals surface area (Å²) >= 11 is 2.25. The molecule has 3 saturated carbocycles. The number of halogens is 1. The smallest absolute Gasteiger partial charge is 0.303 e. The van der Waals surface area contributed by atoms with Gasteiger partial charge in [0.2, 0.25) is 0 Å². The molecule has 31 heavy (non-hydrogen) atoms. The average Bonchev–Trinajstić information content (AvgIpc) is 2.73. The first-order valence-corrected chi connectivity index (χ1v) is 12.5. The number of aliphatic hydroxyl groups is 1. The Labute approximate surface area is 199 Å². The van der Waals surface area contributed by atoms with Crippen LogP contribution in [0.5, 0.6) is 5.75 Å². The topological polar surface area (TPSA) is 78.8 Å². The van der Waals surface area contributed by atoms with Crippen LogP contribution < -0.4 is 10.1 Å². The van der Waals surface area contributed by atoms with E-state index in [9.17, 15) is 9.90 Å². The molecule has 2 bridgehead atoms. The molecule has 3 fully saturated rings. The van der Waals surface area contributed by atoms with Gasteiger partial charge in [-0.3, -0.25) is 4.79 Å². The first-order valence-electron chi connectivity index (χ1n) is 11.4. The van der Waals surface area contributed by atoms with Crippen molar-refractivity contribution < 1.29 is 19.7 Å². The molecule has 0 heterocycles. The first-order chi connectivity index (χ1) is 14.8. The quantitative estimate of drug-likeness (QED) is 0.200. The van der Waals surface area contributed by atoms with Crippen molar-refractivity contribution in [2.24, 2.45) is 23.2 Å². The fourth-order valence-electron chi connectivity index (χ4n) is 5.35. The normalized spacial score (nSPS) is 27.6. The van der Waals surface area contributed by atoms with Gasteiger partial charge in [-0.25, -0.2) is 0 Å². The van der Waals surface area contributed by atoms with Gasteiger partial charge in [0.25, 0.3) is 0 Å². The Balaban J connectivity index is 1.47. The molecule has 0 unspecified atom stereocenters. The van der Waals surface area contributed by atoms with Crippen molar-refractivity contribution in [2.45, 2.75) is 64.5 Å². The van der Waals surface area contributed by atoms with Gasteiger partial charge in [0, 0.05) is 22.6 Å². The number of allylic oxidation sites excluding steroid dienone is 2. The molecule has 4 rings (SSSR count). The molecule has 1 aromatic carbocycles. The molecule has 3 aliphatic rings. The fourth-order valence-corrected chi connectivity index (χ4v) is 5.86. The number of unbranched alkanes of at least 4 members (excludes halogenated alkanes) is 1. The van der Waals surface area contributed by atoms with Gasteiger partial charge in [-0.15, -0.1) is 0 Å². The minimum Gasteiger partial charge on any atom is -0.491 e. The minimum atomic E-state index is -0.725. The lowest BCUT2D eigenvalue weighted by Gasteiger charge is -2.63. The molecule has 5 nitrogen and oxygen atoms in total. The number of fused-ring (bicyclic) bond motifs is 2. The highest BCUT2D eigenvalue weighted by molar-refractivity contribution is 14.1. The van der Waals surface area contributed by atoms with E-state index in [2.05, 4.69) is 53.9 Å². The number of rotatable bonds is 12. The molecule has 1 aromatic rings. The summed E-state index contributed by atoms with van der Waals surface area (Å²) in [7, 11) is 0. The number of carboxylic acid groups (broad SMARTS) is 1. The molecule has 3 N–H and O–H groups in total. The van der Waals surface area contributed by atoms with Crippen LogP contribution in [0, 0.1) is 26.7 Å². The number of aliphatic hydroxyl groups excluding tert-OH is 1. The number of nitrogens with one attached hydrogen (secondary N) is 1. The van der Waals surface area contributed by atoms with Crippen molar-refractivity contribution in [3.8, 4) is 5.75 Å². The van der Waals surface area contributed by atoms with Crippen LogP contribution in [0.2, 0.25) is 0 Å². The number of hydrogen-bond donors (Lipinski definition) is 3. The van der Waals surface area contributed by atoms with Gasteiger partial charge in [-0.2, -0.15) is 0 Å². The Morgan fingerprint density at radius 2 is 2.16 bits per heavy atom. The van der Waals surface area contributed by atoms with E-state index in [1.165, 1.54) is 6.42 Å². The van der Waals surface area contributed by atoms with Crippen molar-refractivity contribution in [1.29, 1.82) is 0 Å². The van der Waals surface area contributed by atoms with Gasteiger partial charge in [-0.05, 0) is 96.1 Å². The lowest BCUT2D eigenvalue weighted by molar-refractivity contribution is -0.137. The average molecular weight is 541 g/mol. The summed E-state index contributed by atoms with van der Waals surface area (Å²) in [4.78, 5) is 10.6. The zero-order valence-corrected chi connectivity index (χ0v) is 20.8. The molecule has 0 aliphatic heterocycles. The molecule has 5 atom stereocenters. The van der Waals surface area contributed by atoms with Gasteiger partial charge >= 0.3 is 5.97 Å². The highest BCUT2D eigenvalue weighted by Gasteiger charge is 2.56. The van der Waals surface area contributed by atoms with E-state index in [0.29, 0.717) is 36.3 Å². The summed E-state index contributed by atoms with van der Waals surface area (Å²) in [6.07, 6.45) is 9.07. The van der Waals surface area contributed by atoms with Gasteiger partial charge in [0.15, 0.2) is 0 Å². The predicted molar refractivity (Wildman–Crippen MR) is 131 cm³/mol. The second-order valence-corrected chi connectivity index (χ2v) is 10.9. The maximum Gasteiger partial charge on any atom is 0.303 e. The zero-order valence-electron chi connectivity index (χ0n) is 18.6. The Bertz CT molecular complexity index is 766. The molecular weight excluding hydrogens is 505 g/mol. The molecule has 3 aliphatic carbocycles. The maximum absolute atomic E-state index is 10.6. The third-order valence-electron chi connectivity index (χ3n) is 7.31. The van der Waals surface area contributed by atoms with E-state index in [4.69, 9.17) is 9.84 Å². The number of carboxylic acids is 1. The number of aliphatic carboxylic acids is 1. The van der Waals surface area contributed by atoms with Crippen LogP contribution in [-0.4, -0.2) is 41.5 Å². The van der Waals surface area contributed by atoms with Gasteiger partial charge < -0.3 is 20.3 Å². The van der Waals surface area contributed by atoms with Crippen LogP contribution in [-0.2, 0) is 4.79 Å². The summed E-state index contributed by atoms with van der Waals surface area (Å²) in [6, 6.07) is 8.26. The van der Waals surface area contributed by atoms with Gasteiger partial charge in [0.05, 0.1) is 0 Å². The molecule has 0 amide bonds. The third kappa shape index (κ3) is 6.68. The molecule has 0 radical (unpaired) electrons. The van der Waals surface area contributed by atoms with E-state index < -0.39 is 12.1 Å². The van der Waals surface area contributed by atoms with E-state index in [0.717, 1.165) is 34.5 Å². The maximum atomic E-state index is 10.6. The standard InChI is InChI=1S/C25H36INO4/c1-25(2)17-12-22(25)21(10-5-3-4-6-11-24(29)30)23(13-17)27-15-19(28)16-31-20-9-7-8-18(26)14-20/h3,5,7-9,14,17,19,21-23,27-28H,4,6,10-13,15-16H2,1-2H3,(H,29,30)/b5-3-/t17-,19-,21+,22+,23+/m1/s1. The summed E-state index contributed by atoms with van der Waals surface area (Å²) < 4.78 is 6.87. The Kier molecular flexibility index (Phi) is 8.82. The molecular formula is C25H36INO4. The number of benzene rings is 1. The number of carbonyl (C=O) groups is 1. The Hall–Kier alpha value is -1.12. The molecule has 0 saturated heterocycles. The molecule has 6 heteroatoms. The van der Waals surface area contributed by atoms with Crippen molar-refractivity contribution in [1.82, 2.24) is 5.32 Å². The SMILES string of the molecule is CC1(C)[C@H]2C[C@H](NC[C@@H](O)COc3cccc(I)c3)[C@@H](C/C=C\CCCC(=O)O)[C@@H]1C2. The third-order valence-corrected chi connectivity index (χ3v) is 7.98. The minimum absolute atomic E-state index is 0.234. The van der Waals surface area contributed by atoms with E-state index in [-0.39, 0.29) is 13.0 Å². The van der Waals surface area contributed by atoms with E-state index >= 15 is 0 Å². The van der Waals surface area contributed by atoms with Crippen LogP contribution in [0.15, 0.2) is 36.4 Å². The highest BCUT2D eigenvalue weighted by Crippen LogP contribution is 2.62. The van der Waals surface area contributed by atoms with Crippen molar-refractivity contribution in [3.05, 3.63) is 40.0 Å². The van der Waals surface area contributed by atoms with E-state index in [1.54, 1.807) is 0 Å². The van der Waals surface area contributed by atoms with Gasteiger partial charge in [0.1, 0.15) is 18.5 Å². The Morgan fingerprint density at radius 1 is 1.35 bits per heavy atom. The fraction of sp³-hybridized carbons (Fsp3) is 0.640. The van der Waals surface area contributed by atoms with Crippen LogP contribution >= 0.6 is 22.6 Å². The summed E-state index contributed by atoms with van der Waals surface area (Å²) in [5.41, 5.74) is 0.395. The second-order valence-electron chi connectivity index (χ2n) is 9.69. The van der Waals surface area contributed by atoms with Crippen molar-refractivity contribution in [2.75, 3.05) is 13.2 Å². The lowest BCUT2D eigenvalue weighted by Crippen LogP contribution is -2.61. The number of ether oxygens (including phenoxy) is 1. The second kappa shape index (κ2) is 11.1. The van der Waals surface area contributed by atoms with Crippen molar-refractivity contribution in [3.63, 3.8) is 0 Å². The van der Waals surface area contributed by atoms with E-state index in [1.807, 2.05) is 24.3 Å². The summed E-state index contributed by atoms with van der Waals surface area (Å²) in [6.45, 7) is 5.62. The summed E-state index contributed by atoms with van der Waals surface area (Å²) in [5.74, 6) is 2.08. The number of hydrogen-bond acceptors (Lipinski definition) is 4. The highest BCUT2D eigenvalue weighted by atomic mass is 127. The monoisotopic (exact) mass is 541 g/mol. The van der Waals surface area contributed by atoms with Gasteiger partial charge in [-0.1, -0.05) is 32.1 Å². The summed E-state index contributed by atoms with van der Waals surface area (Å²) in [5, 5.41) is 22.8. The van der Waals surface area contributed by atoms with Crippen LogP contribution in [0.4, 0.5) is 0 Å².